The van der Waals surface area contributed by atoms with Crippen LogP contribution < -0.4 is 4.74 Å². The van der Waals surface area contributed by atoms with Crippen LogP contribution in [0.1, 0.15) is 25.5 Å². The van der Waals surface area contributed by atoms with E-state index < -0.39 is 0 Å². The number of rotatable bonds is 6. The molecular weight excluding hydrogens is 256 g/mol. The molecule has 0 aliphatic heterocycles. The van der Waals surface area contributed by atoms with Crippen molar-refractivity contribution in [3.8, 4) is 5.75 Å². The van der Waals surface area contributed by atoms with E-state index in [1.165, 1.54) is 0 Å². The Hall–Kier alpha value is -1.75. The van der Waals surface area contributed by atoms with E-state index in [-0.39, 0.29) is 18.7 Å². The monoisotopic (exact) mass is 280 g/mol. The molecule has 5 nitrogen and oxygen atoms in total. The van der Waals surface area contributed by atoms with Crippen LogP contribution in [0.15, 0.2) is 24.3 Å². The molecule has 0 aromatic heterocycles. The van der Waals surface area contributed by atoms with Crippen LogP contribution in [0.5, 0.6) is 5.75 Å². The molecule has 0 aliphatic carbocycles. The lowest BCUT2D eigenvalue weighted by Crippen LogP contribution is -2.43. The van der Waals surface area contributed by atoms with Gasteiger partial charge in [0, 0.05) is 20.1 Å². The van der Waals surface area contributed by atoms with Crippen molar-refractivity contribution in [2.24, 2.45) is 0 Å². The molecule has 1 atom stereocenters. The third kappa shape index (κ3) is 3.63. The summed E-state index contributed by atoms with van der Waals surface area (Å²) in [6.07, 6.45) is 0. The van der Waals surface area contributed by atoms with Crippen molar-refractivity contribution in [3.63, 3.8) is 0 Å². The minimum absolute atomic E-state index is 0.0788. The first-order chi connectivity index (χ1) is 9.58. The molecule has 0 spiro atoms. The normalized spacial score (nSPS) is 11.8. The second-order valence-electron chi connectivity index (χ2n) is 4.54. The molecule has 1 aromatic carbocycles. The number of carbonyl (C=O) groups is 1. The molecule has 5 heteroatoms. The van der Waals surface area contributed by atoms with Gasteiger partial charge in [0.05, 0.1) is 19.8 Å². The molecule has 0 bridgehead atoms. The number of urea groups is 1. The van der Waals surface area contributed by atoms with Crippen LogP contribution >= 0.6 is 0 Å². The molecule has 0 saturated carbocycles. The Kier molecular flexibility index (Phi) is 6.31. The second-order valence-corrected chi connectivity index (χ2v) is 4.54. The average Bonchev–Trinajstić information content (AvgIpc) is 2.49. The third-order valence-electron chi connectivity index (χ3n) is 3.48. The van der Waals surface area contributed by atoms with Gasteiger partial charge in [0.15, 0.2) is 0 Å². The number of benzene rings is 1. The summed E-state index contributed by atoms with van der Waals surface area (Å²) in [5, 5.41) is 9.61. The minimum Gasteiger partial charge on any atom is -0.497 e. The van der Waals surface area contributed by atoms with Crippen LogP contribution in [0.3, 0.4) is 0 Å². The zero-order valence-electron chi connectivity index (χ0n) is 12.7. The molecule has 0 fully saturated rings. The topological polar surface area (TPSA) is 53.0 Å². The number of methoxy groups -OCH3 is 1. The maximum absolute atomic E-state index is 12.3. The van der Waals surface area contributed by atoms with Gasteiger partial charge in [-0.2, -0.15) is 0 Å². The number of aliphatic hydroxyl groups is 1. The van der Waals surface area contributed by atoms with E-state index >= 15 is 0 Å². The molecular formula is C15H24N2O3. The fourth-order valence-electron chi connectivity index (χ4n) is 2.13. The maximum Gasteiger partial charge on any atom is 0.320 e. The van der Waals surface area contributed by atoms with Gasteiger partial charge < -0.3 is 19.6 Å². The summed E-state index contributed by atoms with van der Waals surface area (Å²) in [6, 6.07) is 6.96. The van der Waals surface area contributed by atoms with Crippen molar-refractivity contribution in [3.05, 3.63) is 29.8 Å². The smallest absolute Gasteiger partial charge is 0.320 e. The highest BCUT2D eigenvalue weighted by Crippen LogP contribution is 2.22. The molecule has 0 aliphatic rings. The Morgan fingerprint density at radius 3 is 2.20 bits per heavy atom. The lowest BCUT2D eigenvalue weighted by molar-refractivity contribution is 0.123. The van der Waals surface area contributed by atoms with E-state index in [0.29, 0.717) is 13.1 Å². The number of carbonyl (C=O) groups excluding carboxylic acids is 1. The second kappa shape index (κ2) is 7.75. The molecule has 0 heterocycles. The largest absolute Gasteiger partial charge is 0.497 e. The van der Waals surface area contributed by atoms with Crippen molar-refractivity contribution in [2.75, 3.05) is 33.9 Å². The first-order valence-electron chi connectivity index (χ1n) is 6.85. The Bertz CT molecular complexity index is 416. The molecule has 0 saturated heterocycles. The van der Waals surface area contributed by atoms with E-state index in [1.807, 2.05) is 38.1 Å². The predicted molar refractivity (Wildman–Crippen MR) is 78.9 cm³/mol. The standard InChI is InChI=1S/C15H24N2O3/c1-5-17(6-2)15(19)16(3)14(11-18)12-7-9-13(20-4)10-8-12/h7-10,14,18H,5-6,11H2,1-4H3. The van der Waals surface area contributed by atoms with Crippen molar-refractivity contribution < 1.29 is 14.6 Å². The van der Waals surface area contributed by atoms with Gasteiger partial charge in [-0.3, -0.25) is 0 Å². The number of hydrogen-bond acceptors (Lipinski definition) is 3. The van der Waals surface area contributed by atoms with Crippen LogP contribution in [-0.4, -0.2) is 54.8 Å². The fraction of sp³-hybridized carbons (Fsp3) is 0.533. The van der Waals surface area contributed by atoms with Crippen LogP contribution in [0.25, 0.3) is 0 Å². The third-order valence-corrected chi connectivity index (χ3v) is 3.48. The Labute approximate surface area is 120 Å². The first-order valence-corrected chi connectivity index (χ1v) is 6.85. The molecule has 1 aromatic rings. The number of hydrogen-bond donors (Lipinski definition) is 1. The molecule has 20 heavy (non-hydrogen) atoms. The summed E-state index contributed by atoms with van der Waals surface area (Å²) in [4.78, 5) is 15.6. The Balaban J connectivity index is 2.90. The molecule has 1 N–H and O–H groups in total. The van der Waals surface area contributed by atoms with Crippen LogP contribution in [0, 0.1) is 0 Å². The van der Waals surface area contributed by atoms with E-state index in [2.05, 4.69) is 0 Å². The van der Waals surface area contributed by atoms with E-state index in [9.17, 15) is 9.90 Å². The van der Waals surface area contributed by atoms with Crippen molar-refractivity contribution in [1.82, 2.24) is 9.80 Å². The summed E-state index contributed by atoms with van der Waals surface area (Å²) < 4.78 is 5.11. The van der Waals surface area contributed by atoms with Gasteiger partial charge in [-0.15, -0.1) is 0 Å². The van der Waals surface area contributed by atoms with Gasteiger partial charge in [-0.25, -0.2) is 4.79 Å². The fourth-order valence-corrected chi connectivity index (χ4v) is 2.13. The zero-order valence-corrected chi connectivity index (χ0v) is 12.7. The number of nitrogens with zero attached hydrogens (tertiary/aromatic N) is 2. The van der Waals surface area contributed by atoms with Gasteiger partial charge >= 0.3 is 6.03 Å². The molecule has 2 amide bonds. The van der Waals surface area contributed by atoms with Crippen molar-refractivity contribution in [2.45, 2.75) is 19.9 Å². The first kappa shape index (κ1) is 16.3. The summed E-state index contributed by atoms with van der Waals surface area (Å²) >= 11 is 0. The SMILES string of the molecule is CCN(CC)C(=O)N(C)C(CO)c1ccc(OC)cc1. The van der Waals surface area contributed by atoms with Gasteiger partial charge in [-0.1, -0.05) is 12.1 Å². The van der Waals surface area contributed by atoms with Gasteiger partial charge in [0.1, 0.15) is 5.75 Å². The highest BCUT2D eigenvalue weighted by molar-refractivity contribution is 5.74. The maximum atomic E-state index is 12.3. The zero-order chi connectivity index (χ0) is 15.1. The summed E-state index contributed by atoms with van der Waals surface area (Å²) in [6.45, 7) is 5.07. The summed E-state index contributed by atoms with van der Waals surface area (Å²) in [7, 11) is 3.32. The van der Waals surface area contributed by atoms with E-state index in [4.69, 9.17) is 4.74 Å². The number of amides is 2. The number of likely N-dealkylation sites (N-methyl/N-ethyl adjacent to an activating group) is 1. The van der Waals surface area contributed by atoms with E-state index in [0.717, 1.165) is 11.3 Å². The van der Waals surface area contributed by atoms with E-state index in [1.54, 1.807) is 24.0 Å². The van der Waals surface area contributed by atoms with Crippen molar-refractivity contribution >= 4 is 6.03 Å². The van der Waals surface area contributed by atoms with Crippen LogP contribution in [0.2, 0.25) is 0 Å². The van der Waals surface area contributed by atoms with Gasteiger partial charge in [0.2, 0.25) is 0 Å². The lowest BCUT2D eigenvalue weighted by Gasteiger charge is -2.32. The highest BCUT2D eigenvalue weighted by atomic mass is 16.5. The molecule has 112 valence electrons. The summed E-state index contributed by atoms with van der Waals surface area (Å²) in [5.74, 6) is 0.753. The lowest BCUT2D eigenvalue weighted by atomic mass is 10.1. The van der Waals surface area contributed by atoms with Crippen LogP contribution in [-0.2, 0) is 0 Å². The van der Waals surface area contributed by atoms with Crippen molar-refractivity contribution in [1.29, 1.82) is 0 Å². The Morgan fingerprint density at radius 1 is 1.25 bits per heavy atom. The highest BCUT2D eigenvalue weighted by Gasteiger charge is 2.23. The Morgan fingerprint density at radius 2 is 1.80 bits per heavy atom. The molecule has 1 unspecified atom stereocenters. The minimum atomic E-state index is -0.353. The average molecular weight is 280 g/mol. The molecule has 1 rings (SSSR count). The predicted octanol–water partition coefficient (Wildman–Crippen LogP) is 2.12. The number of aliphatic hydroxyl groups excluding tert-OH is 1. The summed E-state index contributed by atoms with van der Waals surface area (Å²) in [5.41, 5.74) is 0.885. The van der Waals surface area contributed by atoms with Gasteiger partial charge in [0.25, 0.3) is 0 Å². The molecule has 0 radical (unpaired) electrons. The number of ether oxygens (including phenoxy) is 1. The van der Waals surface area contributed by atoms with Crippen LogP contribution in [0.4, 0.5) is 4.79 Å². The van der Waals surface area contributed by atoms with Gasteiger partial charge in [-0.05, 0) is 31.5 Å². The quantitative estimate of drug-likeness (QED) is 0.868.